The Morgan fingerprint density at radius 2 is 1.96 bits per heavy atom. The van der Waals surface area contributed by atoms with Crippen molar-refractivity contribution in [3.05, 3.63) is 41.9 Å². The Bertz CT molecular complexity index is 771. The molecule has 2 aromatic rings. The minimum absolute atomic E-state index is 0.119. The molecule has 6 nitrogen and oxygen atoms in total. The SMILES string of the molecule is CSc1nccc(N2CC3CC(C2)N3C(=O)c2ccnc(C)c2)n1. The minimum atomic E-state index is 0.119. The molecular weight excluding hydrogens is 322 g/mol. The number of aryl methyl sites for hydroxylation is 1. The summed E-state index contributed by atoms with van der Waals surface area (Å²) in [6, 6.07) is 6.14. The molecule has 3 aliphatic rings. The van der Waals surface area contributed by atoms with Crippen LogP contribution in [0.4, 0.5) is 5.82 Å². The van der Waals surface area contributed by atoms with Crippen molar-refractivity contribution in [3.63, 3.8) is 0 Å². The van der Waals surface area contributed by atoms with E-state index in [9.17, 15) is 4.79 Å². The fraction of sp³-hybridized carbons (Fsp3) is 0.412. The van der Waals surface area contributed by atoms with Crippen LogP contribution in [0.1, 0.15) is 22.5 Å². The van der Waals surface area contributed by atoms with Crippen molar-refractivity contribution in [1.29, 1.82) is 0 Å². The number of rotatable bonds is 3. The van der Waals surface area contributed by atoms with Crippen molar-refractivity contribution in [3.8, 4) is 0 Å². The highest BCUT2D eigenvalue weighted by Gasteiger charge is 2.47. The van der Waals surface area contributed by atoms with Crippen LogP contribution >= 0.6 is 11.8 Å². The predicted molar refractivity (Wildman–Crippen MR) is 93.4 cm³/mol. The van der Waals surface area contributed by atoms with Crippen LogP contribution in [0.15, 0.2) is 35.7 Å². The summed E-state index contributed by atoms with van der Waals surface area (Å²) < 4.78 is 0. The third-order valence-corrected chi connectivity index (χ3v) is 5.26. The van der Waals surface area contributed by atoms with Crippen molar-refractivity contribution in [2.75, 3.05) is 24.2 Å². The van der Waals surface area contributed by atoms with Gasteiger partial charge in [0, 0.05) is 36.7 Å². The molecule has 5 heterocycles. The van der Waals surface area contributed by atoms with Gasteiger partial charge < -0.3 is 9.80 Å². The summed E-state index contributed by atoms with van der Waals surface area (Å²) in [5.41, 5.74) is 1.61. The van der Waals surface area contributed by atoms with Crippen LogP contribution in [-0.4, -0.2) is 57.2 Å². The van der Waals surface area contributed by atoms with E-state index in [1.165, 1.54) is 0 Å². The summed E-state index contributed by atoms with van der Waals surface area (Å²) in [6.07, 6.45) is 6.56. The van der Waals surface area contributed by atoms with E-state index in [1.807, 2.05) is 30.2 Å². The third-order valence-electron chi connectivity index (χ3n) is 4.70. The van der Waals surface area contributed by atoms with Gasteiger partial charge in [-0.2, -0.15) is 0 Å². The van der Waals surface area contributed by atoms with Crippen LogP contribution in [0, 0.1) is 6.92 Å². The molecule has 2 bridgehead atoms. The molecule has 3 fully saturated rings. The molecule has 0 radical (unpaired) electrons. The summed E-state index contributed by atoms with van der Waals surface area (Å²) in [7, 11) is 0. The van der Waals surface area contributed by atoms with E-state index >= 15 is 0 Å². The van der Waals surface area contributed by atoms with Crippen molar-refractivity contribution < 1.29 is 4.79 Å². The molecule has 5 rings (SSSR count). The van der Waals surface area contributed by atoms with Gasteiger partial charge in [0.05, 0.1) is 12.1 Å². The second-order valence-corrected chi connectivity index (χ2v) is 7.02. The molecule has 0 N–H and O–H groups in total. The van der Waals surface area contributed by atoms with Crippen LogP contribution in [0.5, 0.6) is 0 Å². The number of pyridine rings is 1. The quantitative estimate of drug-likeness (QED) is 0.629. The topological polar surface area (TPSA) is 62.2 Å². The number of piperidine rings is 1. The van der Waals surface area contributed by atoms with Gasteiger partial charge in [-0.25, -0.2) is 9.97 Å². The number of amides is 1. The van der Waals surface area contributed by atoms with E-state index in [1.54, 1.807) is 30.2 Å². The van der Waals surface area contributed by atoms with E-state index in [-0.39, 0.29) is 18.0 Å². The van der Waals surface area contributed by atoms with Crippen molar-refractivity contribution >= 4 is 23.5 Å². The Morgan fingerprint density at radius 1 is 1.21 bits per heavy atom. The molecule has 0 aromatic carbocycles. The number of hydrogen-bond donors (Lipinski definition) is 0. The lowest BCUT2D eigenvalue weighted by Gasteiger charge is -2.56. The Labute approximate surface area is 145 Å². The number of anilines is 1. The van der Waals surface area contributed by atoms with Gasteiger partial charge >= 0.3 is 0 Å². The molecule has 3 saturated heterocycles. The number of nitrogens with zero attached hydrogens (tertiary/aromatic N) is 5. The van der Waals surface area contributed by atoms with Gasteiger partial charge in [0.1, 0.15) is 5.82 Å². The molecule has 0 aliphatic carbocycles. The first-order valence-electron chi connectivity index (χ1n) is 8.03. The van der Waals surface area contributed by atoms with E-state index in [0.29, 0.717) is 0 Å². The van der Waals surface area contributed by atoms with Gasteiger partial charge in [-0.3, -0.25) is 9.78 Å². The number of carbonyl (C=O) groups excluding carboxylic acids is 1. The molecule has 1 amide bonds. The first-order chi connectivity index (χ1) is 11.7. The summed E-state index contributed by atoms with van der Waals surface area (Å²) in [4.78, 5) is 30.1. The number of hydrogen-bond acceptors (Lipinski definition) is 6. The van der Waals surface area contributed by atoms with Gasteiger partial charge in [0.2, 0.25) is 0 Å². The fourth-order valence-corrected chi connectivity index (χ4v) is 3.91. The van der Waals surface area contributed by atoms with Crippen LogP contribution in [0.2, 0.25) is 0 Å². The number of aromatic nitrogens is 3. The zero-order valence-corrected chi connectivity index (χ0v) is 14.5. The second-order valence-electron chi connectivity index (χ2n) is 6.25. The molecule has 3 aliphatic heterocycles. The van der Waals surface area contributed by atoms with Gasteiger partial charge in [-0.1, -0.05) is 11.8 Å². The summed E-state index contributed by atoms with van der Waals surface area (Å²) in [5, 5.41) is 0.784. The van der Waals surface area contributed by atoms with Crippen LogP contribution in [0.3, 0.4) is 0 Å². The molecular formula is C17H19N5OS. The highest BCUT2D eigenvalue weighted by atomic mass is 32.2. The Hall–Kier alpha value is -2.15. The lowest BCUT2D eigenvalue weighted by molar-refractivity contribution is 0.00572. The second kappa shape index (κ2) is 6.05. The minimum Gasteiger partial charge on any atom is -0.352 e. The van der Waals surface area contributed by atoms with Crippen molar-refractivity contribution in [1.82, 2.24) is 19.9 Å². The number of carbonyl (C=O) groups is 1. The average Bonchev–Trinajstić information content (AvgIpc) is 2.61. The fourth-order valence-electron chi connectivity index (χ4n) is 3.56. The number of thioether (sulfide) groups is 1. The van der Waals surface area contributed by atoms with Gasteiger partial charge in [0.25, 0.3) is 5.91 Å². The Balaban J connectivity index is 1.49. The molecule has 0 spiro atoms. The third kappa shape index (κ3) is 2.62. The van der Waals surface area contributed by atoms with E-state index in [4.69, 9.17) is 0 Å². The number of fused-ring (bicyclic) bond motifs is 2. The van der Waals surface area contributed by atoms with Crippen LogP contribution in [0.25, 0.3) is 0 Å². The maximum absolute atomic E-state index is 12.8. The van der Waals surface area contributed by atoms with Gasteiger partial charge in [-0.05, 0) is 37.8 Å². The first kappa shape index (κ1) is 15.4. The van der Waals surface area contributed by atoms with E-state index in [2.05, 4.69) is 19.9 Å². The molecule has 124 valence electrons. The monoisotopic (exact) mass is 341 g/mol. The van der Waals surface area contributed by atoms with Crippen molar-refractivity contribution in [2.45, 2.75) is 30.6 Å². The maximum atomic E-state index is 12.8. The summed E-state index contributed by atoms with van der Waals surface area (Å²) >= 11 is 1.54. The molecule has 24 heavy (non-hydrogen) atoms. The molecule has 2 unspecified atom stereocenters. The molecule has 0 saturated carbocycles. The summed E-state index contributed by atoms with van der Waals surface area (Å²) in [6.45, 7) is 3.57. The lowest BCUT2D eigenvalue weighted by atomic mass is 9.86. The summed E-state index contributed by atoms with van der Waals surface area (Å²) in [5.74, 6) is 1.07. The van der Waals surface area contributed by atoms with Gasteiger partial charge in [0.15, 0.2) is 5.16 Å². The van der Waals surface area contributed by atoms with Crippen LogP contribution < -0.4 is 4.90 Å². The molecule has 2 atom stereocenters. The highest BCUT2D eigenvalue weighted by Crippen LogP contribution is 2.35. The lowest BCUT2D eigenvalue weighted by Crippen LogP contribution is -2.70. The predicted octanol–water partition coefficient (Wildman–Crippen LogP) is 2.01. The first-order valence-corrected chi connectivity index (χ1v) is 9.25. The van der Waals surface area contributed by atoms with E-state index in [0.717, 1.165) is 41.7 Å². The molecule has 2 aromatic heterocycles. The smallest absolute Gasteiger partial charge is 0.254 e. The standard InChI is InChI=1S/C17H19N5OS/c1-11-7-12(3-5-18-11)16(23)22-13-8-14(22)10-21(9-13)15-4-6-19-17(20-15)24-2/h3-7,13-14H,8-10H2,1-2H3. The van der Waals surface area contributed by atoms with E-state index < -0.39 is 0 Å². The zero-order chi connectivity index (χ0) is 16.7. The Kier molecular flexibility index (Phi) is 3.88. The average molecular weight is 341 g/mol. The maximum Gasteiger partial charge on any atom is 0.254 e. The van der Waals surface area contributed by atoms with Crippen molar-refractivity contribution in [2.24, 2.45) is 0 Å². The number of piperazine rings is 1. The molecule has 7 heteroatoms. The van der Waals surface area contributed by atoms with Gasteiger partial charge in [-0.15, -0.1) is 0 Å². The van der Waals surface area contributed by atoms with Crippen LogP contribution in [-0.2, 0) is 0 Å². The zero-order valence-electron chi connectivity index (χ0n) is 13.7. The Morgan fingerprint density at radius 3 is 2.67 bits per heavy atom. The normalized spacial score (nSPS) is 22.2. The largest absolute Gasteiger partial charge is 0.352 e. The highest BCUT2D eigenvalue weighted by molar-refractivity contribution is 7.98.